The molecule has 0 amide bonds. The van der Waals surface area contributed by atoms with Gasteiger partial charge in [0.2, 0.25) is 0 Å². The maximum atomic E-state index is 14.2. The molecular weight excluding hydrogens is 344 g/mol. The second-order valence-electron chi connectivity index (χ2n) is 4.94. The van der Waals surface area contributed by atoms with Crippen LogP contribution in [0.25, 0.3) is 0 Å². The zero-order chi connectivity index (χ0) is 18.8. The fraction of sp³-hybridized carbons (Fsp3) is 0.176. The Morgan fingerprint density at radius 1 is 1.04 bits per heavy atom. The minimum Gasteiger partial charge on any atom is -0.493 e. The number of alkyl halides is 3. The van der Waals surface area contributed by atoms with Crippen LogP contribution in [-0.4, -0.2) is 26.3 Å². The second kappa shape index (κ2) is 6.92. The number of ether oxygens (including phenoxy) is 2. The monoisotopic (exact) mass is 356 g/mol. The first-order valence-electron chi connectivity index (χ1n) is 6.85. The zero-order valence-electron chi connectivity index (χ0n) is 13.1. The van der Waals surface area contributed by atoms with Gasteiger partial charge in [-0.15, -0.1) is 0 Å². The molecule has 0 bridgehead atoms. The molecule has 2 rings (SSSR count). The molecule has 0 aliphatic rings. The van der Waals surface area contributed by atoms with E-state index >= 15 is 0 Å². The Labute approximate surface area is 140 Å². The summed E-state index contributed by atoms with van der Waals surface area (Å²) in [7, 11) is 2.67. The fourth-order valence-electron chi connectivity index (χ4n) is 2.19. The van der Waals surface area contributed by atoms with E-state index in [0.717, 1.165) is 0 Å². The summed E-state index contributed by atoms with van der Waals surface area (Å²) in [5, 5.41) is 0. The first kappa shape index (κ1) is 18.4. The van der Waals surface area contributed by atoms with Gasteiger partial charge >= 0.3 is 6.18 Å². The average Bonchev–Trinajstić information content (AvgIpc) is 2.59. The van der Waals surface area contributed by atoms with Crippen LogP contribution in [0.5, 0.6) is 11.5 Å². The van der Waals surface area contributed by atoms with Gasteiger partial charge < -0.3 is 9.47 Å². The summed E-state index contributed by atoms with van der Waals surface area (Å²) in [6.07, 6.45) is -4.91. The maximum Gasteiger partial charge on any atom is 0.416 e. The topological polar surface area (TPSA) is 52.6 Å². The SMILES string of the molecule is COc1ccc(C(=O)c2cc(C(F)(F)F)cc(C=O)c2F)cc1OC. The highest BCUT2D eigenvalue weighted by molar-refractivity contribution is 6.10. The molecule has 0 aliphatic carbocycles. The highest BCUT2D eigenvalue weighted by Gasteiger charge is 2.33. The Hall–Kier alpha value is -2.90. The smallest absolute Gasteiger partial charge is 0.416 e. The third-order valence-corrected chi connectivity index (χ3v) is 3.45. The molecule has 0 fully saturated rings. The minimum absolute atomic E-state index is 0.0735. The molecule has 0 radical (unpaired) electrons. The molecule has 2 aromatic carbocycles. The number of hydrogen-bond acceptors (Lipinski definition) is 4. The Bertz CT molecular complexity index is 828. The molecule has 0 saturated heterocycles. The molecule has 8 heteroatoms. The molecule has 25 heavy (non-hydrogen) atoms. The van der Waals surface area contributed by atoms with Gasteiger partial charge in [0.25, 0.3) is 0 Å². The number of halogens is 4. The van der Waals surface area contributed by atoms with Gasteiger partial charge in [-0.05, 0) is 30.3 Å². The Morgan fingerprint density at radius 2 is 1.68 bits per heavy atom. The molecule has 0 atom stereocenters. The van der Waals surface area contributed by atoms with Crippen LogP contribution in [0.3, 0.4) is 0 Å². The lowest BCUT2D eigenvalue weighted by molar-refractivity contribution is -0.137. The van der Waals surface area contributed by atoms with Crippen LogP contribution in [0.15, 0.2) is 30.3 Å². The summed E-state index contributed by atoms with van der Waals surface area (Å²) in [5.74, 6) is -1.90. The number of ketones is 1. The first-order valence-corrected chi connectivity index (χ1v) is 6.85. The predicted molar refractivity (Wildman–Crippen MR) is 79.8 cm³/mol. The van der Waals surface area contributed by atoms with E-state index in [0.29, 0.717) is 12.1 Å². The van der Waals surface area contributed by atoms with Crippen molar-refractivity contribution in [3.8, 4) is 11.5 Å². The summed E-state index contributed by atoms with van der Waals surface area (Å²) in [4.78, 5) is 23.3. The first-order chi connectivity index (χ1) is 11.7. The molecule has 2 aromatic rings. The fourth-order valence-corrected chi connectivity index (χ4v) is 2.19. The van der Waals surface area contributed by atoms with Gasteiger partial charge in [-0.3, -0.25) is 9.59 Å². The zero-order valence-corrected chi connectivity index (χ0v) is 13.1. The molecule has 0 aliphatic heterocycles. The third-order valence-electron chi connectivity index (χ3n) is 3.45. The van der Waals surface area contributed by atoms with Crippen molar-refractivity contribution in [3.05, 3.63) is 58.4 Å². The number of carbonyl (C=O) groups excluding carboxylic acids is 2. The molecule has 0 heterocycles. The van der Waals surface area contributed by atoms with Crippen molar-refractivity contribution in [2.24, 2.45) is 0 Å². The van der Waals surface area contributed by atoms with Crippen LogP contribution >= 0.6 is 0 Å². The number of methoxy groups -OCH3 is 2. The standard InChI is InChI=1S/C17H12F4O4/c1-24-13-4-3-9(6-14(13)25-2)16(23)12-7-11(17(19,20)21)5-10(8-22)15(12)18/h3-8H,1-2H3. The lowest BCUT2D eigenvalue weighted by Gasteiger charge is -2.12. The van der Waals surface area contributed by atoms with Gasteiger partial charge in [-0.1, -0.05) is 0 Å². The van der Waals surface area contributed by atoms with Gasteiger partial charge in [-0.2, -0.15) is 13.2 Å². The summed E-state index contributed by atoms with van der Waals surface area (Å²) in [6, 6.07) is 4.55. The van der Waals surface area contributed by atoms with Crippen LogP contribution in [0.1, 0.15) is 31.8 Å². The van der Waals surface area contributed by atoms with Crippen LogP contribution in [0.4, 0.5) is 17.6 Å². The highest BCUT2D eigenvalue weighted by atomic mass is 19.4. The second-order valence-corrected chi connectivity index (χ2v) is 4.94. The van der Waals surface area contributed by atoms with E-state index in [1.54, 1.807) is 0 Å². The Morgan fingerprint density at radius 3 is 2.20 bits per heavy atom. The molecule has 132 valence electrons. The lowest BCUT2D eigenvalue weighted by Crippen LogP contribution is -2.13. The van der Waals surface area contributed by atoms with Gasteiger partial charge in [0, 0.05) is 5.56 Å². The molecule has 0 aromatic heterocycles. The van der Waals surface area contributed by atoms with E-state index in [9.17, 15) is 27.2 Å². The van der Waals surface area contributed by atoms with Crippen molar-refractivity contribution in [2.45, 2.75) is 6.18 Å². The van der Waals surface area contributed by atoms with E-state index in [1.807, 2.05) is 0 Å². The van der Waals surface area contributed by atoms with Crippen LogP contribution < -0.4 is 9.47 Å². The predicted octanol–water partition coefficient (Wildman–Crippen LogP) is 3.91. The van der Waals surface area contributed by atoms with Gasteiger partial charge in [0.05, 0.1) is 30.9 Å². The Balaban J connectivity index is 2.61. The van der Waals surface area contributed by atoms with E-state index in [1.165, 1.54) is 32.4 Å². The van der Waals surface area contributed by atoms with Crippen molar-refractivity contribution in [1.29, 1.82) is 0 Å². The van der Waals surface area contributed by atoms with Crippen LogP contribution in [-0.2, 0) is 6.18 Å². The van der Waals surface area contributed by atoms with E-state index in [2.05, 4.69) is 0 Å². The lowest BCUT2D eigenvalue weighted by atomic mass is 9.97. The molecular formula is C17H12F4O4. The number of hydrogen-bond donors (Lipinski definition) is 0. The minimum atomic E-state index is -4.84. The molecule has 0 N–H and O–H groups in total. The van der Waals surface area contributed by atoms with Crippen LogP contribution in [0.2, 0.25) is 0 Å². The molecule has 0 spiro atoms. The van der Waals surface area contributed by atoms with Crippen LogP contribution in [0, 0.1) is 5.82 Å². The van der Waals surface area contributed by atoms with Gasteiger partial charge in [0.15, 0.2) is 23.6 Å². The summed E-state index contributed by atoms with van der Waals surface area (Å²) >= 11 is 0. The third kappa shape index (κ3) is 3.62. The number of benzene rings is 2. The summed E-state index contributed by atoms with van der Waals surface area (Å²) in [6.45, 7) is 0. The molecule has 4 nitrogen and oxygen atoms in total. The van der Waals surface area contributed by atoms with Gasteiger partial charge in [0.1, 0.15) is 5.82 Å². The van der Waals surface area contributed by atoms with Crippen molar-refractivity contribution in [2.75, 3.05) is 14.2 Å². The number of aldehydes is 1. The number of carbonyl (C=O) groups is 2. The normalized spacial score (nSPS) is 11.1. The van der Waals surface area contributed by atoms with Crippen molar-refractivity contribution < 1.29 is 36.6 Å². The summed E-state index contributed by atoms with van der Waals surface area (Å²) in [5.41, 5.74) is -3.12. The largest absolute Gasteiger partial charge is 0.493 e. The van der Waals surface area contributed by atoms with E-state index < -0.39 is 34.5 Å². The van der Waals surface area contributed by atoms with Gasteiger partial charge in [-0.25, -0.2) is 4.39 Å². The van der Waals surface area contributed by atoms with Crippen molar-refractivity contribution in [3.63, 3.8) is 0 Å². The molecule has 0 saturated carbocycles. The molecule has 0 unspecified atom stereocenters. The number of rotatable bonds is 5. The van der Waals surface area contributed by atoms with E-state index in [-0.39, 0.29) is 23.3 Å². The Kier molecular flexibility index (Phi) is 5.10. The van der Waals surface area contributed by atoms with E-state index in [4.69, 9.17) is 9.47 Å². The van der Waals surface area contributed by atoms with Crippen molar-refractivity contribution in [1.82, 2.24) is 0 Å². The summed E-state index contributed by atoms with van der Waals surface area (Å²) < 4.78 is 63.0. The quantitative estimate of drug-likeness (QED) is 0.463. The van der Waals surface area contributed by atoms with Crippen molar-refractivity contribution >= 4 is 12.1 Å². The average molecular weight is 356 g/mol. The maximum absolute atomic E-state index is 14.2. The highest BCUT2D eigenvalue weighted by Crippen LogP contribution is 2.33.